The lowest BCUT2D eigenvalue weighted by molar-refractivity contribution is 0.0736. The summed E-state index contributed by atoms with van der Waals surface area (Å²) < 4.78 is 11.6. The molecule has 1 amide bonds. The first kappa shape index (κ1) is 24.6. The number of hydrogen-bond donors (Lipinski definition) is 0. The lowest BCUT2D eigenvalue weighted by atomic mass is 10.0. The minimum Gasteiger partial charge on any atom is -0.497 e. The molecule has 0 radical (unpaired) electrons. The van der Waals surface area contributed by atoms with E-state index in [1.807, 2.05) is 24.3 Å². The number of ether oxygens (including phenoxy) is 2. The lowest BCUT2D eigenvalue weighted by Gasteiger charge is -2.27. The topological polar surface area (TPSA) is 42.0 Å². The molecule has 3 aromatic rings. The molecule has 0 aliphatic carbocycles. The summed E-state index contributed by atoms with van der Waals surface area (Å²) in [6.45, 7) is 9.77. The number of hydrogen-bond acceptors (Lipinski definition) is 4. The van der Waals surface area contributed by atoms with E-state index in [2.05, 4.69) is 47.9 Å². The monoisotopic (exact) mass is 486 g/mol. The Balaban J connectivity index is 1.13. The minimum absolute atomic E-state index is 0.213. The number of methoxy groups -OCH3 is 1. The van der Waals surface area contributed by atoms with Crippen molar-refractivity contribution in [3.05, 3.63) is 70.8 Å². The van der Waals surface area contributed by atoms with Gasteiger partial charge in [-0.15, -0.1) is 0 Å². The molecule has 3 aromatic carbocycles. The standard InChI is InChI=1S/C31H38N2O3/c1-22-16-26-21-33(31(34)29(26)17-23(22)2)20-24-8-4-5-13-32(19-24)14-7-15-36-30-10-6-9-25-18-27(35-3)11-12-28(25)30/h6,9-12,16-18,24H,4-5,7-8,13-15,19-21H2,1-3H3. The summed E-state index contributed by atoms with van der Waals surface area (Å²) in [6, 6.07) is 16.6. The molecule has 1 fully saturated rings. The maximum Gasteiger partial charge on any atom is 0.254 e. The van der Waals surface area contributed by atoms with E-state index in [-0.39, 0.29) is 5.91 Å². The van der Waals surface area contributed by atoms with Crippen LogP contribution in [0.3, 0.4) is 0 Å². The maximum atomic E-state index is 13.1. The molecule has 1 atom stereocenters. The molecule has 5 rings (SSSR count). The molecule has 190 valence electrons. The predicted molar refractivity (Wildman–Crippen MR) is 145 cm³/mol. The van der Waals surface area contributed by atoms with Crippen LogP contribution < -0.4 is 9.47 Å². The van der Waals surface area contributed by atoms with Crippen LogP contribution >= 0.6 is 0 Å². The van der Waals surface area contributed by atoms with Crippen LogP contribution in [0.2, 0.25) is 0 Å². The van der Waals surface area contributed by atoms with Crippen molar-refractivity contribution >= 4 is 16.7 Å². The number of nitrogens with zero attached hydrogens (tertiary/aromatic N) is 2. The first-order valence-corrected chi connectivity index (χ1v) is 13.3. The van der Waals surface area contributed by atoms with Crippen LogP contribution in [0.25, 0.3) is 10.8 Å². The Labute approximate surface area is 215 Å². The van der Waals surface area contributed by atoms with Gasteiger partial charge in [-0.3, -0.25) is 4.79 Å². The van der Waals surface area contributed by atoms with Gasteiger partial charge < -0.3 is 19.3 Å². The Morgan fingerprint density at radius 3 is 2.75 bits per heavy atom. The van der Waals surface area contributed by atoms with E-state index in [4.69, 9.17) is 9.47 Å². The zero-order chi connectivity index (χ0) is 25.1. The van der Waals surface area contributed by atoms with Crippen LogP contribution in [0.15, 0.2) is 48.5 Å². The third-order valence-electron chi connectivity index (χ3n) is 7.85. The molecule has 0 saturated carbocycles. The number of likely N-dealkylation sites (tertiary alicyclic amines) is 1. The Hall–Kier alpha value is -3.05. The van der Waals surface area contributed by atoms with Crippen molar-refractivity contribution in [1.82, 2.24) is 9.80 Å². The first-order chi connectivity index (χ1) is 17.5. The fourth-order valence-electron chi connectivity index (χ4n) is 5.74. The third kappa shape index (κ3) is 5.36. The quantitative estimate of drug-likeness (QED) is 0.367. The summed E-state index contributed by atoms with van der Waals surface area (Å²) in [6.07, 6.45) is 4.66. The second-order valence-corrected chi connectivity index (χ2v) is 10.5. The molecule has 1 unspecified atom stereocenters. The van der Waals surface area contributed by atoms with Gasteiger partial charge in [0, 0.05) is 37.1 Å². The van der Waals surface area contributed by atoms with Crippen molar-refractivity contribution in [3.8, 4) is 11.5 Å². The van der Waals surface area contributed by atoms with Crippen molar-refractivity contribution in [2.24, 2.45) is 5.92 Å². The number of fused-ring (bicyclic) bond motifs is 2. The second-order valence-electron chi connectivity index (χ2n) is 10.5. The van der Waals surface area contributed by atoms with Gasteiger partial charge in [-0.1, -0.05) is 24.6 Å². The summed E-state index contributed by atoms with van der Waals surface area (Å²) in [5.74, 6) is 2.54. The Bertz CT molecular complexity index is 1240. The maximum absolute atomic E-state index is 13.1. The Morgan fingerprint density at radius 2 is 1.89 bits per heavy atom. The average Bonchev–Trinajstić information content (AvgIpc) is 3.03. The highest BCUT2D eigenvalue weighted by Gasteiger charge is 2.30. The van der Waals surface area contributed by atoms with E-state index in [0.717, 1.165) is 67.0 Å². The van der Waals surface area contributed by atoms with E-state index in [1.165, 1.54) is 36.0 Å². The molecule has 1 saturated heterocycles. The molecule has 2 aliphatic rings. The Morgan fingerprint density at radius 1 is 1.03 bits per heavy atom. The summed E-state index contributed by atoms with van der Waals surface area (Å²) in [5.41, 5.74) is 4.58. The second kappa shape index (κ2) is 10.9. The minimum atomic E-state index is 0.213. The van der Waals surface area contributed by atoms with Crippen molar-refractivity contribution in [2.75, 3.05) is 39.9 Å². The van der Waals surface area contributed by atoms with Crippen molar-refractivity contribution in [2.45, 2.75) is 46.1 Å². The van der Waals surface area contributed by atoms with Gasteiger partial charge in [0.1, 0.15) is 11.5 Å². The highest BCUT2D eigenvalue weighted by molar-refractivity contribution is 5.98. The van der Waals surface area contributed by atoms with Gasteiger partial charge in [0.2, 0.25) is 0 Å². The van der Waals surface area contributed by atoms with Gasteiger partial charge in [0.25, 0.3) is 5.91 Å². The fourth-order valence-corrected chi connectivity index (χ4v) is 5.74. The van der Waals surface area contributed by atoms with E-state index < -0.39 is 0 Å². The number of rotatable bonds is 8. The highest BCUT2D eigenvalue weighted by atomic mass is 16.5. The smallest absolute Gasteiger partial charge is 0.254 e. The molecule has 0 bridgehead atoms. The number of benzene rings is 3. The Kier molecular flexibility index (Phi) is 7.47. The van der Waals surface area contributed by atoms with Crippen LogP contribution in [0.5, 0.6) is 11.5 Å². The van der Waals surface area contributed by atoms with Crippen molar-refractivity contribution in [1.29, 1.82) is 0 Å². The molecule has 2 aliphatic heterocycles. The van der Waals surface area contributed by atoms with E-state index in [9.17, 15) is 4.79 Å². The van der Waals surface area contributed by atoms with Crippen LogP contribution in [0, 0.1) is 19.8 Å². The zero-order valence-corrected chi connectivity index (χ0v) is 21.9. The summed E-state index contributed by atoms with van der Waals surface area (Å²) in [7, 11) is 1.69. The molecular weight excluding hydrogens is 448 g/mol. The molecule has 0 spiro atoms. The normalized spacial score (nSPS) is 18.4. The van der Waals surface area contributed by atoms with E-state index >= 15 is 0 Å². The average molecular weight is 487 g/mol. The number of aryl methyl sites for hydroxylation is 2. The molecule has 5 nitrogen and oxygen atoms in total. The van der Waals surface area contributed by atoms with Gasteiger partial charge in [0.05, 0.1) is 13.7 Å². The van der Waals surface area contributed by atoms with Gasteiger partial charge in [-0.25, -0.2) is 0 Å². The van der Waals surface area contributed by atoms with Gasteiger partial charge in [-0.2, -0.15) is 0 Å². The molecule has 0 aromatic heterocycles. The summed E-state index contributed by atoms with van der Waals surface area (Å²) in [4.78, 5) is 17.7. The SMILES string of the molecule is COc1ccc2c(OCCCN3CCCCC(CN4Cc5cc(C)c(C)cc5C4=O)C3)cccc2c1. The summed E-state index contributed by atoms with van der Waals surface area (Å²) in [5, 5.41) is 2.25. The lowest BCUT2D eigenvalue weighted by Crippen LogP contribution is -2.36. The van der Waals surface area contributed by atoms with Crippen molar-refractivity contribution < 1.29 is 14.3 Å². The fraction of sp³-hybridized carbons (Fsp3) is 0.452. The molecule has 0 N–H and O–H groups in total. The van der Waals surface area contributed by atoms with Crippen LogP contribution in [0.1, 0.15) is 52.7 Å². The van der Waals surface area contributed by atoms with Crippen LogP contribution in [0.4, 0.5) is 0 Å². The molecule has 2 heterocycles. The van der Waals surface area contributed by atoms with E-state index in [1.54, 1.807) is 7.11 Å². The van der Waals surface area contributed by atoms with Crippen molar-refractivity contribution in [3.63, 3.8) is 0 Å². The number of carbonyl (C=O) groups excluding carboxylic acids is 1. The van der Waals surface area contributed by atoms with Gasteiger partial charge in [0.15, 0.2) is 0 Å². The van der Waals surface area contributed by atoms with Gasteiger partial charge in [-0.05, 0) is 98.0 Å². The number of carbonyl (C=O) groups is 1. The zero-order valence-electron chi connectivity index (χ0n) is 21.9. The third-order valence-corrected chi connectivity index (χ3v) is 7.85. The van der Waals surface area contributed by atoms with Gasteiger partial charge >= 0.3 is 0 Å². The summed E-state index contributed by atoms with van der Waals surface area (Å²) >= 11 is 0. The largest absolute Gasteiger partial charge is 0.497 e. The molecular formula is C31H38N2O3. The predicted octanol–water partition coefficient (Wildman–Crippen LogP) is 5.99. The molecule has 36 heavy (non-hydrogen) atoms. The highest BCUT2D eigenvalue weighted by Crippen LogP contribution is 2.30. The van der Waals surface area contributed by atoms with E-state index in [0.29, 0.717) is 12.5 Å². The van der Waals surface area contributed by atoms with Crippen LogP contribution in [-0.4, -0.2) is 55.6 Å². The first-order valence-electron chi connectivity index (χ1n) is 13.3. The molecule has 5 heteroatoms. The number of amides is 1. The van der Waals surface area contributed by atoms with Crippen LogP contribution in [-0.2, 0) is 6.54 Å².